The van der Waals surface area contributed by atoms with Crippen molar-refractivity contribution in [3.8, 4) is 11.3 Å². The first kappa shape index (κ1) is 8.52. The van der Waals surface area contributed by atoms with Crippen LogP contribution in [-0.2, 0) is 0 Å². The Kier molecular flexibility index (Phi) is 1.97. The summed E-state index contributed by atoms with van der Waals surface area (Å²) in [6.07, 6.45) is 0. The smallest absolute Gasteiger partial charge is 0.192 e. The number of aromatic amines is 1. The SMILES string of the molecule is Nc1n[nH]c(-c2csc(Cl)c2)c1F. The molecule has 2 heterocycles. The minimum absolute atomic E-state index is 0.127. The van der Waals surface area contributed by atoms with Gasteiger partial charge in [0.2, 0.25) is 0 Å². The van der Waals surface area contributed by atoms with Gasteiger partial charge in [-0.2, -0.15) is 5.10 Å². The molecular weight excluding hydrogens is 213 g/mol. The van der Waals surface area contributed by atoms with Gasteiger partial charge in [-0.3, -0.25) is 5.10 Å². The molecule has 0 fully saturated rings. The average molecular weight is 218 g/mol. The molecule has 13 heavy (non-hydrogen) atoms. The second-order valence-electron chi connectivity index (χ2n) is 2.44. The van der Waals surface area contributed by atoms with Crippen LogP contribution >= 0.6 is 22.9 Å². The number of nitrogens with one attached hydrogen (secondary N) is 1. The number of thiophene rings is 1. The Morgan fingerprint density at radius 1 is 1.62 bits per heavy atom. The molecule has 0 aliphatic rings. The van der Waals surface area contributed by atoms with Gasteiger partial charge in [0.15, 0.2) is 11.6 Å². The summed E-state index contributed by atoms with van der Waals surface area (Å²) < 4.78 is 13.8. The monoisotopic (exact) mass is 217 g/mol. The first-order chi connectivity index (χ1) is 6.18. The highest BCUT2D eigenvalue weighted by molar-refractivity contribution is 7.14. The average Bonchev–Trinajstić information content (AvgIpc) is 2.62. The lowest BCUT2D eigenvalue weighted by Crippen LogP contribution is -1.86. The third kappa shape index (κ3) is 1.40. The summed E-state index contributed by atoms with van der Waals surface area (Å²) in [4.78, 5) is 0. The minimum atomic E-state index is -0.533. The molecule has 0 saturated heterocycles. The van der Waals surface area contributed by atoms with E-state index in [4.69, 9.17) is 17.3 Å². The van der Waals surface area contributed by atoms with Crippen molar-refractivity contribution in [3.05, 3.63) is 21.6 Å². The maximum Gasteiger partial charge on any atom is 0.192 e. The van der Waals surface area contributed by atoms with Crippen LogP contribution in [0.2, 0.25) is 4.34 Å². The second-order valence-corrected chi connectivity index (χ2v) is 3.98. The van der Waals surface area contributed by atoms with Crippen molar-refractivity contribution in [2.24, 2.45) is 0 Å². The number of anilines is 1. The molecule has 3 nitrogen and oxygen atoms in total. The fraction of sp³-hybridized carbons (Fsp3) is 0. The summed E-state index contributed by atoms with van der Waals surface area (Å²) in [6, 6.07) is 1.66. The Labute approximate surface area is 82.3 Å². The number of nitrogens with zero attached hydrogens (tertiary/aromatic N) is 1. The van der Waals surface area contributed by atoms with Crippen molar-refractivity contribution >= 4 is 28.8 Å². The van der Waals surface area contributed by atoms with Crippen molar-refractivity contribution < 1.29 is 4.39 Å². The number of hydrogen-bond donors (Lipinski definition) is 2. The number of aromatic nitrogens is 2. The van der Waals surface area contributed by atoms with Crippen molar-refractivity contribution in [2.75, 3.05) is 5.73 Å². The Balaban J connectivity index is 2.52. The first-order valence-corrected chi connectivity index (χ1v) is 4.68. The number of nitrogens with two attached hydrogens (primary N) is 1. The molecule has 0 atom stereocenters. The number of nitrogen functional groups attached to an aromatic ring is 1. The van der Waals surface area contributed by atoms with Crippen LogP contribution in [-0.4, -0.2) is 10.2 Å². The standard InChI is InChI=1S/C7H5ClFN3S/c8-4-1-3(2-13-4)6-5(9)7(10)12-11-6/h1-2H,(H3,10,11,12). The van der Waals surface area contributed by atoms with Crippen LogP contribution in [0.3, 0.4) is 0 Å². The lowest BCUT2D eigenvalue weighted by molar-refractivity contribution is 0.636. The van der Waals surface area contributed by atoms with E-state index in [0.717, 1.165) is 0 Å². The largest absolute Gasteiger partial charge is 0.380 e. The molecule has 2 aromatic heterocycles. The predicted molar refractivity (Wildman–Crippen MR) is 51.3 cm³/mol. The molecule has 0 bridgehead atoms. The first-order valence-electron chi connectivity index (χ1n) is 3.42. The van der Waals surface area contributed by atoms with Gasteiger partial charge in [-0.25, -0.2) is 4.39 Å². The van der Waals surface area contributed by atoms with E-state index in [2.05, 4.69) is 10.2 Å². The molecule has 0 aliphatic carbocycles. The number of H-pyrrole nitrogens is 1. The Bertz CT molecular complexity index is 437. The lowest BCUT2D eigenvalue weighted by Gasteiger charge is -1.89. The van der Waals surface area contributed by atoms with Crippen LogP contribution in [0.15, 0.2) is 11.4 Å². The molecule has 2 rings (SSSR count). The minimum Gasteiger partial charge on any atom is -0.380 e. The molecule has 0 unspecified atom stereocenters. The van der Waals surface area contributed by atoms with E-state index in [-0.39, 0.29) is 11.5 Å². The van der Waals surface area contributed by atoms with E-state index in [0.29, 0.717) is 9.90 Å². The molecule has 0 aliphatic heterocycles. The summed E-state index contributed by atoms with van der Waals surface area (Å²) in [5.74, 6) is -0.660. The van der Waals surface area contributed by atoms with Gasteiger partial charge in [0.25, 0.3) is 0 Å². The summed E-state index contributed by atoms with van der Waals surface area (Å²) in [6.45, 7) is 0. The molecule has 6 heteroatoms. The summed E-state index contributed by atoms with van der Waals surface area (Å²) >= 11 is 7.03. The third-order valence-electron chi connectivity index (χ3n) is 1.59. The molecule has 2 aromatic rings. The van der Waals surface area contributed by atoms with Crippen LogP contribution in [0.5, 0.6) is 0 Å². The van der Waals surface area contributed by atoms with E-state index >= 15 is 0 Å². The normalized spacial score (nSPS) is 10.6. The quantitative estimate of drug-likeness (QED) is 0.771. The van der Waals surface area contributed by atoms with Gasteiger partial charge in [0.1, 0.15) is 5.69 Å². The van der Waals surface area contributed by atoms with Crippen molar-refractivity contribution in [2.45, 2.75) is 0 Å². The van der Waals surface area contributed by atoms with Crippen molar-refractivity contribution in [1.82, 2.24) is 10.2 Å². The summed E-state index contributed by atoms with van der Waals surface area (Å²) in [5.41, 5.74) is 6.18. The molecule has 3 N–H and O–H groups in total. The highest BCUT2D eigenvalue weighted by Crippen LogP contribution is 2.30. The fourth-order valence-electron chi connectivity index (χ4n) is 0.975. The van der Waals surface area contributed by atoms with Crippen LogP contribution in [0.4, 0.5) is 10.2 Å². The van der Waals surface area contributed by atoms with Gasteiger partial charge in [-0.05, 0) is 6.07 Å². The molecule has 0 amide bonds. The highest BCUT2D eigenvalue weighted by atomic mass is 35.5. The van der Waals surface area contributed by atoms with Gasteiger partial charge < -0.3 is 5.73 Å². The molecule has 0 saturated carbocycles. The van der Waals surface area contributed by atoms with E-state index in [9.17, 15) is 4.39 Å². The van der Waals surface area contributed by atoms with Gasteiger partial charge in [0.05, 0.1) is 4.34 Å². The van der Waals surface area contributed by atoms with E-state index in [1.165, 1.54) is 11.3 Å². The Morgan fingerprint density at radius 3 is 2.85 bits per heavy atom. The molecule has 68 valence electrons. The zero-order valence-corrected chi connectivity index (χ0v) is 7.92. The van der Waals surface area contributed by atoms with E-state index in [1.54, 1.807) is 11.4 Å². The predicted octanol–water partition coefficient (Wildman–Crippen LogP) is 2.51. The van der Waals surface area contributed by atoms with Crippen molar-refractivity contribution in [1.29, 1.82) is 0 Å². The fourth-order valence-corrected chi connectivity index (χ4v) is 1.85. The van der Waals surface area contributed by atoms with Gasteiger partial charge in [-0.1, -0.05) is 11.6 Å². The van der Waals surface area contributed by atoms with E-state index in [1.807, 2.05) is 0 Å². The number of rotatable bonds is 1. The van der Waals surface area contributed by atoms with Crippen molar-refractivity contribution in [3.63, 3.8) is 0 Å². The maximum atomic E-state index is 13.2. The summed E-state index contributed by atoms with van der Waals surface area (Å²) in [7, 11) is 0. The highest BCUT2D eigenvalue weighted by Gasteiger charge is 2.12. The van der Waals surface area contributed by atoms with Crippen LogP contribution in [0.1, 0.15) is 0 Å². The van der Waals surface area contributed by atoms with E-state index < -0.39 is 5.82 Å². The Hall–Kier alpha value is -1.07. The topological polar surface area (TPSA) is 54.7 Å². The van der Waals surface area contributed by atoms with Gasteiger partial charge in [0, 0.05) is 10.9 Å². The maximum absolute atomic E-state index is 13.2. The zero-order chi connectivity index (χ0) is 9.42. The molecular formula is C7H5ClFN3S. The van der Waals surface area contributed by atoms with Gasteiger partial charge in [-0.15, -0.1) is 11.3 Å². The number of hydrogen-bond acceptors (Lipinski definition) is 3. The number of halogens is 2. The zero-order valence-electron chi connectivity index (χ0n) is 6.34. The third-order valence-corrected chi connectivity index (χ3v) is 2.68. The van der Waals surface area contributed by atoms with Crippen LogP contribution in [0.25, 0.3) is 11.3 Å². The molecule has 0 radical (unpaired) electrons. The molecule has 0 spiro atoms. The van der Waals surface area contributed by atoms with Gasteiger partial charge >= 0.3 is 0 Å². The Morgan fingerprint density at radius 2 is 2.38 bits per heavy atom. The second kappa shape index (κ2) is 3.01. The van der Waals surface area contributed by atoms with Crippen LogP contribution < -0.4 is 5.73 Å². The molecule has 0 aromatic carbocycles. The van der Waals surface area contributed by atoms with Crippen LogP contribution in [0, 0.1) is 5.82 Å². The lowest BCUT2D eigenvalue weighted by atomic mass is 10.2. The summed E-state index contributed by atoms with van der Waals surface area (Å²) in [5, 5.41) is 7.78.